The Morgan fingerprint density at radius 2 is 2.08 bits per heavy atom. The molecule has 1 aromatic heterocycles. The predicted molar refractivity (Wildman–Crippen MR) is 153 cm³/mol. The van der Waals surface area contributed by atoms with E-state index in [4.69, 9.17) is 4.74 Å². The maximum Gasteiger partial charge on any atom is 0.255 e. The Bertz CT molecular complexity index is 1280. The van der Waals surface area contributed by atoms with Gasteiger partial charge in [-0.2, -0.15) is 0 Å². The molecule has 0 spiro atoms. The van der Waals surface area contributed by atoms with Gasteiger partial charge in [-0.3, -0.25) is 14.4 Å². The Labute approximate surface area is 234 Å². The summed E-state index contributed by atoms with van der Waals surface area (Å²) in [6.07, 6.45) is 6.85. The summed E-state index contributed by atoms with van der Waals surface area (Å²) < 4.78 is 5.27. The maximum atomic E-state index is 13.8. The summed E-state index contributed by atoms with van der Waals surface area (Å²) in [5, 5.41) is 3.01. The second-order valence-corrected chi connectivity index (χ2v) is 10.6. The van der Waals surface area contributed by atoms with Gasteiger partial charge >= 0.3 is 0 Å². The van der Waals surface area contributed by atoms with E-state index in [1.807, 2.05) is 49.7 Å². The zero-order valence-corrected chi connectivity index (χ0v) is 23.6. The van der Waals surface area contributed by atoms with E-state index in [0.717, 1.165) is 33.7 Å². The monoisotopic (exact) mass is 548 g/mol. The minimum atomic E-state index is -0.709. The number of hydrogen-bond donors (Lipinski definition) is 1. The number of likely N-dealkylation sites (tertiary alicyclic amines) is 2. The number of methoxy groups -OCH3 is 1. The molecule has 2 atom stereocenters. The van der Waals surface area contributed by atoms with Crippen LogP contribution in [0.5, 0.6) is 0 Å². The third-order valence-electron chi connectivity index (χ3n) is 7.33. The number of nitrogens with one attached hydrogen (secondary N) is 1. The van der Waals surface area contributed by atoms with Crippen molar-refractivity contribution < 1.29 is 19.1 Å². The summed E-state index contributed by atoms with van der Waals surface area (Å²) in [6, 6.07) is 6.80. The molecule has 0 aliphatic carbocycles. The molecule has 1 N–H and O–H groups in total. The van der Waals surface area contributed by atoms with Crippen molar-refractivity contribution in [2.45, 2.75) is 51.7 Å². The molecule has 8 nitrogen and oxygen atoms in total. The lowest BCUT2D eigenvalue weighted by atomic mass is 10.1. The molecule has 2 aromatic rings. The van der Waals surface area contributed by atoms with Gasteiger partial charge < -0.3 is 19.9 Å². The van der Waals surface area contributed by atoms with Gasteiger partial charge in [-0.1, -0.05) is 43.0 Å². The molecular weight excluding hydrogens is 512 g/mol. The molecule has 2 saturated heterocycles. The number of ether oxygens (including phenoxy) is 1. The first-order chi connectivity index (χ1) is 18.9. The van der Waals surface area contributed by atoms with Gasteiger partial charge in [0, 0.05) is 45.3 Å². The van der Waals surface area contributed by atoms with Crippen LogP contribution in [0.3, 0.4) is 0 Å². The molecule has 206 valence electrons. The van der Waals surface area contributed by atoms with Crippen LogP contribution in [0.15, 0.2) is 65.7 Å². The number of hydrogen-bond acceptors (Lipinski definition) is 6. The molecule has 3 heterocycles. The molecule has 39 heavy (non-hydrogen) atoms. The topological polar surface area (TPSA) is 91.8 Å². The van der Waals surface area contributed by atoms with Crippen molar-refractivity contribution in [1.29, 1.82) is 0 Å². The highest BCUT2D eigenvalue weighted by Crippen LogP contribution is 2.30. The molecule has 2 aliphatic rings. The van der Waals surface area contributed by atoms with Crippen molar-refractivity contribution in [2.75, 3.05) is 26.8 Å². The van der Waals surface area contributed by atoms with E-state index in [1.54, 1.807) is 40.4 Å². The molecule has 0 radical (unpaired) electrons. The Balaban J connectivity index is 1.44. The highest BCUT2D eigenvalue weighted by molar-refractivity contribution is 7.13. The average Bonchev–Trinajstić information content (AvgIpc) is 3.68. The molecule has 9 heteroatoms. The van der Waals surface area contributed by atoms with Crippen LogP contribution in [0, 0.1) is 6.92 Å². The zero-order valence-electron chi connectivity index (χ0n) is 22.8. The predicted octanol–water partition coefficient (Wildman–Crippen LogP) is 4.03. The first-order valence-corrected chi connectivity index (χ1v) is 14.1. The number of aromatic nitrogens is 1. The van der Waals surface area contributed by atoms with Crippen LogP contribution < -0.4 is 5.32 Å². The molecule has 1 aromatic carbocycles. The number of rotatable bonds is 10. The highest BCUT2D eigenvalue weighted by Gasteiger charge is 2.43. The summed E-state index contributed by atoms with van der Waals surface area (Å²) in [7, 11) is 1.57. The minimum Gasteiger partial charge on any atom is -0.385 e. The lowest BCUT2D eigenvalue weighted by Gasteiger charge is -2.32. The Kier molecular flexibility index (Phi) is 9.48. The first kappa shape index (κ1) is 28.4. The Morgan fingerprint density at radius 3 is 2.72 bits per heavy atom. The van der Waals surface area contributed by atoms with E-state index in [9.17, 15) is 14.4 Å². The van der Waals surface area contributed by atoms with E-state index in [0.29, 0.717) is 44.7 Å². The van der Waals surface area contributed by atoms with Gasteiger partial charge in [-0.05, 0) is 49.5 Å². The van der Waals surface area contributed by atoms with Gasteiger partial charge in [0.1, 0.15) is 12.1 Å². The first-order valence-electron chi connectivity index (χ1n) is 13.2. The highest BCUT2D eigenvalue weighted by atomic mass is 32.1. The lowest BCUT2D eigenvalue weighted by molar-refractivity contribution is -0.146. The van der Waals surface area contributed by atoms with Crippen LogP contribution in [-0.4, -0.2) is 71.4 Å². The number of amides is 3. The molecule has 2 unspecified atom stereocenters. The van der Waals surface area contributed by atoms with Crippen molar-refractivity contribution >= 4 is 29.1 Å². The normalized spacial score (nSPS) is 20.2. The van der Waals surface area contributed by atoms with Crippen molar-refractivity contribution in [3.63, 3.8) is 0 Å². The number of carbonyl (C=O) groups is 3. The fraction of sp³-hybridized carbons (Fsp3) is 0.400. The summed E-state index contributed by atoms with van der Waals surface area (Å²) in [6.45, 7) is 9.11. The minimum absolute atomic E-state index is 0.178. The molecule has 0 bridgehead atoms. The Hall–Kier alpha value is -3.56. The molecule has 4 rings (SSSR count). The molecule has 3 amide bonds. The SMILES string of the molecule is C=C/C=C1/C(=O)N(C(CCOC)C(=O)N2CCCC2C(=O)NCc2ccc(-c3scnc3C)cc2)C/C1=C/C. The van der Waals surface area contributed by atoms with Crippen LogP contribution in [0.4, 0.5) is 0 Å². The molecule has 2 aliphatic heterocycles. The number of carbonyl (C=O) groups excluding carboxylic acids is 3. The fourth-order valence-corrected chi connectivity index (χ4v) is 6.04. The third kappa shape index (κ3) is 6.20. The van der Waals surface area contributed by atoms with Gasteiger partial charge in [0.05, 0.1) is 16.1 Å². The van der Waals surface area contributed by atoms with Crippen molar-refractivity contribution in [2.24, 2.45) is 0 Å². The number of allylic oxidation sites excluding steroid dienone is 3. The maximum absolute atomic E-state index is 13.8. The van der Waals surface area contributed by atoms with Crippen molar-refractivity contribution in [1.82, 2.24) is 20.1 Å². The van der Waals surface area contributed by atoms with Crippen LogP contribution >= 0.6 is 11.3 Å². The fourth-order valence-electron chi connectivity index (χ4n) is 5.22. The second kappa shape index (κ2) is 13.0. The van der Waals surface area contributed by atoms with Gasteiger partial charge in [-0.25, -0.2) is 4.98 Å². The van der Waals surface area contributed by atoms with E-state index < -0.39 is 12.1 Å². The van der Waals surface area contributed by atoms with E-state index >= 15 is 0 Å². The van der Waals surface area contributed by atoms with Gasteiger partial charge in [0.15, 0.2) is 0 Å². The molecular formula is C30H36N4O4S. The van der Waals surface area contributed by atoms with E-state index in [1.165, 1.54) is 0 Å². The zero-order chi connectivity index (χ0) is 27.9. The average molecular weight is 549 g/mol. The summed E-state index contributed by atoms with van der Waals surface area (Å²) >= 11 is 1.61. The Morgan fingerprint density at radius 1 is 1.31 bits per heavy atom. The quantitative estimate of drug-likeness (QED) is 0.453. The van der Waals surface area contributed by atoms with Crippen LogP contribution in [0.1, 0.15) is 37.4 Å². The number of benzene rings is 1. The van der Waals surface area contributed by atoms with E-state index in [-0.39, 0.29) is 17.7 Å². The van der Waals surface area contributed by atoms with E-state index in [2.05, 4.69) is 16.9 Å². The molecule has 0 saturated carbocycles. The number of thiazole rings is 1. The van der Waals surface area contributed by atoms with Crippen LogP contribution in [-0.2, 0) is 25.7 Å². The largest absolute Gasteiger partial charge is 0.385 e. The summed E-state index contributed by atoms with van der Waals surface area (Å²) in [5.74, 6) is -0.588. The van der Waals surface area contributed by atoms with Gasteiger partial charge in [-0.15, -0.1) is 11.3 Å². The summed E-state index contributed by atoms with van der Waals surface area (Å²) in [4.78, 5) is 49.0. The third-order valence-corrected chi connectivity index (χ3v) is 8.31. The smallest absolute Gasteiger partial charge is 0.255 e. The van der Waals surface area contributed by atoms with Crippen molar-refractivity contribution in [3.8, 4) is 10.4 Å². The van der Waals surface area contributed by atoms with Crippen LogP contribution in [0.2, 0.25) is 0 Å². The summed E-state index contributed by atoms with van der Waals surface area (Å²) in [5.41, 5.74) is 6.33. The van der Waals surface area contributed by atoms with Gasteiger partial charge in [0.2, 0.25) is 11.8 Å². The lowest BCUT2D eigenvalue weighted by Crippen LogP contribution is -2.54. The van der Waals surface area contributed by atoms with Crippen LogP contribution in [0.25, 0.3) is 10.4 Å². The standard InChI is InChI=1S/C30H36N4O4S/c1-5-8-24-22(6-2)18-34(29(24)36)26(14-16-38-4)30(37)33-15-7-9-25(33)28(35)31-17-21-10-12-23(13-11-21)27-20(3)32-19-39-27/h5-6,8,10-13,19,25-26H,1,7,9,14-18H2,2-4H3,(H,31,35)/b22-6-,24-8+. The van der Waals surface area contributed by atoms with Crippen molar-refractivity contribution in [3.05, 3.63) is 77.0 Å². The number of nitrogens with zero attached hydrogens (tertiary/aromatic N) is 3. The second-order valence-electron chi connectivity index (χ2n) is 9.73. The van der Waals surface area contributed by atoms with Gasteiger partial charge in [0.25, 0.3) is 5.91 Å². The molecule has 2 fully saturated rings. The number of aryl methyl sites for hydroxylation is 1.